The number of carbonyl (C=O) groups is 2. The number of anilines is 1. The van der Waals surface area contributed by atoms with E-state index in [-0.39, 0.29) is 18.2 Å². The Bertz CT molecular complexity index is 508. The molecule has 1 fully saturated rings. The third-order valence-electron chi connectivity index (χ3n) is 3.04. The summed E-state index contributed by atoms with van der Waals surface area (Å²) in [4.78, 5) is 25.4. The Morgan fingerprint density at radius 1 is 1.29 bits per heavy atom. The highest BCUT2D eigenvalue weighted by atomic mass is 79.9. The van der Waals surface area contributed by atoms with Crippen LogP contribution < -0.4 is 4.90 Å². The molecule has 0 aliphatic carbocycles. The lowest BCUT2D eigenvalue weighted by atomic mass is 9.92. The van der Waals surface area contributed by atoms with Crippen molar-refractivity contribution in [1.29, 1.82) is 0 Å². The SMILES string of the molecule is Cc1cccc(N2C(=O)CC(C)(C)C2=O)c1Br. The second kappa shape index (κ2) is 3.95. The molecule has 0 atom stereocenters. The highest BCUT2D eigenvalue weighted by Crippen LogP contribution is 2.38. The number of aryl methyl sites for hydroxylation is 1. The molecule has 1 aliphatic heterocycles. The molecular weight excluding hydrogens is 282 g/mol. The van der Waals surface area contributed by atoms with Crippen molar-refractivity contribution in [2.75, 3.05) is 4.90 Å². The normalized spacial score (nSPS) is 18.9. The molecule has 2 amide bonds. The van der Waals surface area contributed by atoms with Gasteiger partial charge in [0.2, 0.25) is 11.8 Å². The fourth-order valence-corrected chi connectivity index (χ4v) is 2.44. The van der Waals surface area contributed by atoms with Gasteiger partial charge < -0.3 is 0 Å². The predicted molar refractivity (Wildman–Crippen MR) is 69.8 cm³/mol. The first kappa shape index (κ1) is 12.3. The van der Waals surface area contributed by atoms with Crippen molar-refractivity contribution in [3.8, 4) is 0 Å². The first-order chi connectivity index (χ1) is 7.84. The van der Waals surface area contributed by atoms with Crippen LogP contribution in [-0.4, -0.2) is 11.8 Å². The van der Waals surface area contributed by atoms with Crippen LogP contribution in [0, 0.1) is 12.3 Å². The van der Waals surface area contributed by atoms with Gasteiger partial charge >= 0.3 is 0 Å². The van der Waals surface area contributed by atoms with Crippen LogP contribution in [0.3, 0.4) is 0 Å². The number of hydrogen-bond donors (Lipinski definition) is 0. The average Bonchev–Trinajstić information content (AvgIpc) is 2.42. The highest BCUT2D eigenvalue weighted by Gasteiger charge is 2.45. The summed E-state index contributed by atoms with van der Waals surface area (Å²) >= 11 is 3.44. The molecule has 1 heterocycles. The lowest BCUT2D eigenvalue weighted by molar-refractivity contribution is -0.124. The van der Waals surface area contributed by atoms with Crippen molar-refractivity contribution in [1.82, 2.24) is 0 Å². The van der Waals surface area contributed by atoms with Crippen molar-refractivity contribution in [3.05, 3.63) is 28.2 Å². The molecule has 0 N–H and O–H groups in total. The zero-order chi connectivity index (χ0) is 12.8. The second-order valence-electron chi connectivity index (χ2n) is 5.00. The zero-order valence-corrected chi connectivity index (χ0v) is 11.7. The van der Waals surface area contributed by atoms with Gasteiger partial charge in [0, 0.05) is 10.9 Å². The van der Waals surface area contributed by atoms with Crippen LogP contribution in [0.5, 0.6) is 0 Å². The number of hydrogen-bond acceptors (Lipinski definition) is 2. The number of amides is 2. The van der Waals surface area contributed by atoms with Gasteiger partial charge in [-0.25, -0.2) is 4.90 Å². The van der Waals surface area contributed by atoms with E-state index in [4.69, 9.17) is 0 Å². The molecule has 90 valence electrons. The highest BCUT2D eigenvalue weighted by molar-refractivity contribution is 9.10. The Morgan fingerprint density at radius 2 is 1.94 bits per heavy atom. The predicted octanol–water partition coefficient (Wildman–Crippen LogP) is 3.05. The van der Waals surface area contributed by atoms with Crippen molar-refractivity contribution in [2.24, 2.45) is 5.41 Å². The maximum absolute atomic E-state index is 12.2. The van der Waals surface area contributed by atoms with E-state index in [2.05, 4.69) is 15.9 Å². The summed E-state index contributed by atoms with van der Waals surface area (Å²) in [5.74, 6) is -0.264. The molecule has 3 nitrogen and oxygen atoms in total. The standard InChI is InChI=1S/C13H14BrNO2/c1-8-5-4-6-9(11(8)14)15-10(16)7-13(2,3)12(15)17/h4-6H,7H2,1-3H3. The van der Waals surface area contributed by atoms with Crippen LogP contribution in [0.1, 0.15) is 25.8 Å². The summed E-state index contributed by atoms with van der Waals surface area (Å²) in [6.45, 7) is 5.54. The second-order valence-corrected chi connectivity index (χ2v) is 5.80. The fourth-order valence-electron chi connectivity index (χ4n) is 2.00. The molecule has 4 heteroatoms. The van der Waals surface area contributed by atoms with E-state index in [0.717, 1.165) is 10.0 Å². The maximum atomic E-state index is 12.2. The molecule has 2 rings (SSSR count). The van der Waals surface area contributed by atoms with Gasteiger partial charge in [0.1, 0.15) is 0 Å². The Labute approximate surface area is 109 Å². The average molecular weight is 296 g/mol. The number of benzene rings is 1. The number of halogens is 1. The van der Waals surface area contributed by atoms with Gasteiger partial charge in [-0.15, -0.1) is 0 Å². The Kier molecular flexibility index (Phi) is 2.86. The van der Waals surface area contributed by atoms with Gasteiger partial charge in [-0.2, -0.15) is 0 Å². The van der Waals surface area contributed by atoms with Crippen molar-refractivity contribution >= 4 is 33.4 Å². The first-order valence-corrected chi connectivity index (χ1v) is 6.26. The van der Waals surface area contributed by atoms with Crippen molar-refractivity contribution in [2.45, 2.75) is 27.2 Å². The topological polar surface area (TPSA) is 37.4 Å². The third kappa shape index (κ3) is 1.90. The van der Waals surface area contributed by atoms with E-state index >= 15 is 0 Å². The van der Waals surface area contributed by atoms with Crippen LogP contribution in [0.2, 0.25) is 0 Å². The van der Waals surface area contributed by atoms with Gasteiger partial charge in [0.25, 0.3) is 0 Å². The molecule has 1 aromatic carbocycles. The first-order valence-electron chi connectivity index (χ1n) is 5.47. The molecular formula is C13H14BrNO2. The molecule has 0 unspecified atom stereocenters. The fraction of sp³-hybridized carbons (Fsp3) is 0.385. The van der Waals surface area contributed by atoms with Gasteiger partial charge in [-0.1, -0.05) is 26.0 Å². The maximum Gasteiger partial charge on any atom is 0.239 e. The minimum absolute atomic E-state index is 0.131. The van der Waals surface area contributed by atoms with Crippen LogP contribution in [0.15, 0.2) is 22.7 Å². The summed E-state index contributed by atoms with van der Waals surface area (Å²) in [6.07, 6.45) is 0.270. The van der Waals surface area contributed by atoms with Crippen molar-refractivity contribution < 1.29 is 9.59 Å². The zero-order valence-electron chi connectivity index (χ0n) is 10.1. The van der Waals surface area contributed by atoms with Crippen molar-refractivity contribution in [3.63, 3.8) is 0 Å². The van der Waals surface area contributed by atoms with Crippen LogP contribution in [0.4, 0.5) is 5.69 Å². The molecule has 17 heavy (non-hydrogen) atoms. The largest absolute Gasteiger partial charge is 0.274 e. The van der Waals surface area contributed by atoms with E-state index in [1.165, 1.54) is 4.90 Å². The van der Waals surface area contributed by atoms with Gasteiger partial charge in [0.05, 0.1) is 11.1 Å². The summed E-state index contributed by atoms with van der Waals surface area (Å²) in [7, 11) is 0. The number of nitrogens with zero attached hydrogens (tertiary/aromatic N) is 1. The Hall–Kier alpha value is -1.16. The van der Waals surface area contributed by atoms with Gasteiger partial charge in [-0.05, 0) is 34.5 Å². The molecule has 1 saturated heterocycles. The molecule has 0 saturated carbocycles. The minimum Gasteiger partial charge on any atom is -0.274 e. The monoisotopic (exact) mass is 295 g/mol. The van der Waals surface area contributed by atoms with Gasteiger partial charge in [-0.3, -0.25) is 9.59 Å². The van der Waals surface area contributed by atoms with Crippen LogP contribution in [-0.2, 0) is 9.59 Å². The van der Waals surface area contributed by atoms with Crippen LogP contribution >= 0.6 is 15.9 Å². The summed E-state index contributed by atoms with van der Waals surface area (Å²) in [6, 6.07) is 5.57. The molecule has 1 aromatic rings. The molecule has 1 aliphatic rings. The smallest absolute Gasteiger partial charge is 0.239 e. The molecule has 0 spiro atoms. The molecule has 0 radical (unpaired) electrons. The van der Waals surface area contributed by atoms with E-state index in [9.17, 15) is 9.59 Å². The van der Waals surface area contributed by atoms with E-state index in [1.54, 1.807) is 19.9 Å². The lowest BCUT2D eigenvalue weighted by Gasteiger charge is -2.19. The van der Waals surface area contributed by atoms with E-state index < -0.39 is 5.41 Å². The lowest BCUT2D eigenvalue weighted by Crippen LogP contribution is -2.33. The van der Waals surface area contributed by atoms with Crippen LogP contribution in [0.25, 0.3) is 0 Å². The summed E-state index contributed by atoms with van der Waals surface area (Å²) in [5, 5.41) is 0. The van der Waals surface area contributed by atoms with Gasteiger partial charge in [0.15, 0.2) is 0 Å². The quantitative estimate of drug-likeness (QED) is 0.747. The third-order valence-corrected chi connectivity index (χ3v) is 4.07. The summed E-state index contributed by atoms with van der Waals surface area (Å²) in [5.41, 5.74) is 1.05. The van der Waals surface area contributed by atoms with E-state index in [0.29, 0.717) is 5.69 Å². The Balaban J connectivity index is 2.51. The molecule has 0 bridgehead atoms. The molecule has 0 aromatic heterocycles. The van der Waals surface area contributed by atoms with E-state index in [1.807, 2.05) is 19.1 Å². The number of rotatable bonds is 1. The number of imide groups is 1. The summed E-state index contributed by atoms with van der Waals surface area (Å²) < 4.78 is 0.805. The Morgan fingerprint density at radius 3 is 2.47 bits per heavy atom. The number of carbonyl (C=O) groups excluding carboxylic acids is 2. The minimum atomic E-state index is -0.597.